The molecule has 0 fully saturated rings. The van der Waals surface area contributed by atoms with Crippen molar-refractivity contribution in [3.63, 3.8) is 0 Å². The van der Waals surface area contributed by atoms with Crippen molar-refractivity contribution in [1.82, 2.24) is 0 Å². The van der Waals surface area contributed by atoms with Crippen LogP contribution in [-0.2, 0) is 0 Å². The molecule has 0 aliphatic rings. The number of halogens is 3. The van der Waals surface area contributed by atoms with Crippen molar-refractivity contribution in [3.8, 4) is 11.5 Å². The fraction of sp³-hybridized carbons (Fsp3) is 0.133. The van der Waals surface area contributed by atoms with Gasteiger partial charge in [-0.1, -0.05) is 11.6 Å². The van der Waals surface area contributed by atoms with Crippen molar-refractivity contribution in [1.29, 1.82) is 0 Å². The van der Waals surface area contributed by atoms with Crippen molar-refractivity contribution in [2.24, 2.45) is 0 Å². The zero-order chi connectivity index (χ0) is 15.6. The molecule has 0 amide bonds. The van der Waals surface area contributed by atoms with E-state index in [9.17, 15) is 4.79 Å². The van der Waals surface area contributed by atoms with Gasteiger partial charge in [0.15, 0.2) is 5.78 Å². The van der Waals surface area contributed by atoms with E-state index in [-0.39, 0.29) is 5.78 Å². The molecule has 0 unspecified atom stereocenters. The Kier molecular flexibility index (Phi) is 5.30. The summed E-state index contributed by atoms with van der Waals surface area (Å²) in [4.78, 5) is 12.7. The molecule has 2 aromatic rings. The number of carbonyl (C=O) groups is 1. The van der Waals surface area contributed by atoms with Crippen LogP contribution in [0.3, 0.4) is 0 Å². The van der Waals surface area contributed by atoms with Crippen LogP contribution in [0.15, 0.2) is 39.3 Å². The zero-order valence-corrected chi connectivity index (χ0v) is 15.2. The Balaban J connectivity index is 2.54. The van der Waals surface area contributed by atoms with Crippen LogP contribution in [0.4, 0.5) is 0 Å². The van der Waals surface area contributed by atoms with E-state index in [0.717, 1.165) is 4.47 Å². The summed E-state index contributed by atoms with van der Waals surface area (Å²) in [5, 5.41) is 0.476. The van der Waals surface area contributed by atoms with Gasteiger partial charge in [0.2, 0.25) is 0 Å². The van der Waals surface area contributed by atoms with Gasteiger partial charge in [-0.05, 0) is 56.1 Å². The molecule has 0 bridgehead atoms. The number of rotatable bonds is 4. The van der Waals surface area contributed by atoms with Crippen LogP contribution in [0.5, 0.6) is 11.5 Å². The molecule has 6 heteroatoms. The minimum atomic E-state index is -0.184. The van der Waals surface area contributed by atoms with Gasteiger partial charge < -0.3 is 9.47 Å². The number of methoxy groups -OCH3 is 2. The average molecular weight is 435 g/mol. The van der Waals surface area contributed by atoms with Crippen molar-refractivity contribution >= 4 is 49.2 Å². The highest BCUT2D eigenvalue weighted by atomic mass is 79.9. The molecular formula is C15H11Br2ClO3. The van der Waals surface area contributed by atoms with Gasteiger partial charge in [0.1, 0.15) is 11.5 Å². The highest BCUT2D eigenvalue weighted by Gasteiger charge is 2.20. The minimum absolute atomic E-state index is 0.184. The fourth-order valence-corrected chi connectivity index (χ4v) is 2.87. The maximum absolute atomic E-state index is 12.7. The van der Waals surface area contributed by atoms with E-state index >= 15 is 0 Å². The van der Waals surface area contributed by atoms with E-state index < -0.39 is 0 Å². The lowest BCUT2D eigenvalue weighted by Crippen LogP contribution is -2.06. The van der Waals surface area contributed by atoms with Crippen LogP contribution in [-0.4, -0.2) is 20.0 Å². The number of ether oxygens (including phenoxy) is 2. The largest absolute Gasteiger partial charge is 0.497 e. The number of carbonyl (C=O) groups excluding carboxylic acids is 1. The Bertz CT molecular complexity index is 702. The van der Waals surface area contributed by atoms with E-state index in [4.69, 9.17) is 21.1 Å². The first-order chi connectivity index (χ1) is 9.97. The lowest BCUT2D eigenvalue weighted by Gasteiger charge is -2.12. The Morgan fingerprint density at radius 1 is 1.05 bits per heavy atom. The number of ketones is 1. The maximum atomic E-state index is 12.7. The molecule has 0 heterocycles. The normalized spacial score (nSPS) is 10.3. The van der Waals surface area contributed by atoms with Crippen LogP contribution in [0.25, 0.3) is 0 Å². The smallest absolute Gasteiger partial charge is 0.197 e. The highest BCUT2D eigenvalue weighted by molar-refractivity contribution is 9.10. The third-order valence-corrected chi connectivity index (χ3v) is 4.75. The minimum Gasteiger partial charge on any atom is -0.497 e. The topological polar surface area (TPSA) is 35.5 Å². The van der Waals surface area contributed by atoms with Gasteiger partial charge in [0.25, 0.3) is 0 Å². The van der Waals surface area contributed by atoms with Crippen molar-refractivity contribution < 1.29 is 14.3 Å². The highest BCUT2D eigenvalue weighted by Crippen LogP contribution is 2.35. The second-order valence-corrected chi connectivity index (χ2v) is 6.26. The summed E-state index contributed by atoms with van der Waals surface area (Å²) in [7, 11) is 3.06. The van der Waals surface area contributed by atoms with Crippen LogP contribution in [0.1, 0.15) is 15.9 Å². The molecule has 0 saturated carbocycles. The van der Waals surface area contributed by atoms with Crippen molar-refractivity contribution in [3.05, 3.63) is 55.4 Å². The number of hydrogen-bond donors (Lipinski definition) is 0. The van der Waals surface area contributed by atoms with E-state index in [2.05, 4.69) is 31.9 Å². The second-order valence-electron chi connectivity index (χ2n) is 4.14. The molecule has 3 nitrogen and oxygen atoms in total. The predicted molar refractivity (Wildman–Crippen MR) is 89.8 cm³/mol. The van der Waals surface area contributed by atoms with Gasteiger partial charge in [0.05, 0.1) is 24.8 Å². The molecule has 0 N–H and O–H groups in total. The summed E-state index contributed by atoms with van der Waals surface area (Å²) in [5.41, 5.74) is 0.907. The molecule has 0 aromatic heterocycles. The van der Waals surface area contributed by atoms with Gasteiger partial charge >= 0.3 is 0 Å². The van der Waals surface area contributed by atoms with Crippen molar-refractivity contribution in [2.45, 2.75) is 0 Å². The number of benzene rings is 2. The molecule has 0 atom stereocenters. The van der Waals surface area contributed by atoms with E-state index in [1.54, 1.807) is 37.4 Å². The Morgan fingerprint density at radius 3 is 2.33 bits per heavy atom. The maximum Gasteiger partial charge on any atom is 0.197 e. The first-order valence-corrected chi connectivity index (χ1v) is 7.85. The second kappa shape index (κ2) is 6.81. The van der Waals surface area contributed by atoms with Gasteiger partial charge in [0, 0.05) is 20.6 Å². The fourth-order valence-electron chi connectivity index (χ4n) is 1.84. The average Bonchev–Trinajstić information content (AvgIpc) is 2.48. The molecule has 0 aliphatic carbocycles. The Labute approximate surface area is 144 Å². The molecule has 0 aliphatic heterocycles. The predicted octanol–water partition coefficient (Wildman–Crippen LogP) is 5.11. The van der Waals surface area contributed by atoms with Crippen LogP contribution in [0.2, 0.25) is 5.02 Å². The molecule has 0 radical (unpaired) electrons. The Hall–Kier alpha value is -1.04. The van der Waals surface area contributed by atoms with Crippen LogP contribution < -0.4 is 9.47 Å². The third-order valence-electron chi connectivity index (χ3n) is 2.89. The van der Waals surface area contributed by atoms with Gasteiger partial charge in [-0.15, -0.1) is 0 Å². The van der Waals surface area contributed by atoms with E-state index in [1.807, 2.05) is 0 Å². The van der Waals surface area contributed by atoms with Gasteiger partial charge in [-0.25, -0.2) is 0 Å². The molecule has 110 valence electrons. The van der Waals surface area contributed by atoms with Crippen LogP contribution in [0, 0.1) is 0 Å². The first kappa shape index (κ1) is 16.3. The van der Waals surface area contributed by atoms with E-state index in [1.165, 1.54) is 7.11 Å². The third kappa shape index (κ3) is 3.42. The monoisotopic (exact) mass is 432 g/mol. The zero-order valence-electron chi connectivity index (χ0n) is 11.2. The summed E-state index contributed by atoms with van der Waals surface area (Å²) in [6, 6.07) is 8.44. The SMILES string of the molecule is COc1cc(Br)c(C(=O)c2ccc(Br)c(Cl)c2)c(OC)c1. The molecule has 0 saturated heterocycles. The lowest BCUT2D eigenvalue weighted by atomic mass is 10.0. The summed E-state index contributed by atoms with van der Waals surface area (Å²) in [5.74, 6) is 0.852. The molecule has 21 heavy (non-hydrogen) atoms. The molecule has 2 aromatic carbocycles. The Morgan fingerprint density at radius 2 is 1.76 bits per heavy atom. The quantitative estimate of drug-likeness (QED) is 0.627. The summed E-state index contributed by atoms with van der Waals surface area (Å²) < 4.78 is 11.8. The summed E-state index contributed by atoms with van der Waals surface area (Å²) in [6.45, 7) is 0. The van der Waals surface area contributed by atoms with E-state index in [0.29, 0.717) is 32.1 Å². The van der Waals surface area contributed by atoms with Crippen LogP contribution >= 0.6 is 43.5 Å². The lowest BCUT2D eigenvalue weighted by molar-refractivity contribution is 0.103. The summed E-state index contributed by atoms with van der Waals surface area (Å²) in [6.07, 6.45) is 0. The molecule has 2 rings (SSSR count). The standard InChI is InChI=1S/C15H11Br2ClO3/c1-20-9-6-11(17)14(13(7-9)21-2)15(19)8-3-4-10(16)12(18)5-8/h3-7H,1-2H3. The van der Waals surface area contributed by atoms with Gasteiger partial charge in [-0.2, -0.15) is 0 Å². The van der Waals surface area contributed by atoms with Gasteiger partial charge in [-0.3, -0.25) is 4.79 Å². The number of hydrogen-bond acceptors (Lipinski definition) is 3. The molecular weight excluding hydrogens is 423 g/mol. The molecule has 0 spiro atoms. The summed E-state index contributed by atoms with van der Waals surface area (Å²) >= 11 is 12.7. The first-order valence-electron chi connectivity index (χ1n) is 5.89. The van der Waals surface area contributed by atoms with Crippen molar-refractivity contribution in [2.75, 3.05) is 14.2 Å².